The number of hydrogen-bond acceptors (Lipinski definition) is 4. The van der Waals surface area contributed by atoms with Crippen LogP contribution in [-0.4, -0.2) is 30.3 Å². The zero-order chi connectivity index (χ0) is 26.3. The summed E-state index contributed by atoms with van der Waals surface area (Å²) in [5.74, 6) is -1.18. The molecule has 0 fully saturated rings. The number of fused-ring (bicyclic) bond motifs is 1. The summed E-state index contributed by atoms with van der Waals surface area (Å²) >= 11 is 9.51. The smallest absolute Gasteiger partial charge is 0.303 e. The molecule has 0 spiro atoms. The Bertz CT molecular complexity index is 1630. The third-order valence-corrected chi connectivity index (χ3v) is 6.28. The third kappa shape index (κ3) is 5.20. The third-order valence-electron chi connectivity index (χ3n) is 5.33. The molecule has 1 N–H and O–H groups in total. The van der Waals surface area contributed by atoms with Gasteiger partial charge in [-0.05, 0) is 57.9 Å². The summed E-state index contributed by atoms with van der Waals surface area (Å²) in [7, 11) is 0. The van der Waals surface area contributed by atoms with E-state index in [0.717, 1.165) is 29.8 Å². The van der Waals surface area contributed by atoms with Crippen LogP contribution in [-0.2, 0) is 12.7 Å². The lowest BCUT2D eigenvalue weighted by atomic mass is 10.1. The quantitative estimate of drug-likeness (QED) is 0.237. The normalized spacial score (nSPS) is 11.7. The molecule has 3 aromatic heterocycles. The summed E-state index contributed by atoms with van der Waals surface area (Å²) in [6, 6.07) is 14.0. The van der Waals surface area contributed by atoms with Gasteiger partial charge in [-0.25, -0.2) is 13.9 Å². The fraction of sp³-hybridized carbons (Fsp3) is 0.0833. The maximum absolute atomic E-state index is 13.8. The minimum atomic E-state index is -4.80. The predicted molar refractivity (Wildman–Crippen MR) is 132 cm³/mol. The number of carbonyl (C=O) groups excluding carboxylic acids is 1. The Morgan fingerprint density at radius 2 is 1.78 bits per heavy atom. The first kappa shape index (κ1) is 24.9. The molecule has 1 amide bonds. The Kier molecular flexibility index (Phi) is 6.46. The van der Waals surface area contributed by atoms with Crippen LogP contribution in [0, 0.1) is 5.82 Å². The van der Waals surface area contributed by atoms with E-state index >= 15 is 0 Å². The van der Waals surface area contributed by atoms with Gasteiger partial charge in [0.25, 0.3) is 5.91 Å². The zero-order valence-corrected chi connectivity index (χ0v) is 20.8. The van der Waals surface area contributed by atoms with Crippen molar-refractivity contribution in [2.45, 2.75) is 12.7 Å². The SMILES string of the molecule is O=C(Nc1nn(Cc2ccccc2Cl)cc1Br)c1cc2nc(-c3ccc(F)cc3)cc(C(F)(F)F)n2n1. The average Bonchev–Trinajstić information content (AvgIpc) is 3.43. The Morgan fingerprint density at radius 3 is 2.49 bits per heavy atom. The summed E-state index contributed by atoms with van der Waals surface area (Å²) in [5, 5.41) is 11.2. The van der Waals surface area contributed by atoms with Gasteiger partial charge in [0.2, 0.25) is 0 Å². The van der Waals surface area contributed by atoms with E-state index in [0.29, 0.717) is 20.6 Å². The molecule has 0 unspecified atom stereocenters. The van der Waals surface area contributed by atoms with Crippen molar-refractivity contribution >= 4 is 44.9 Å². The summed E-state index contributed by atoms with van der Waals surface area (Å²) in [4.78, 5) is 17.1. The van der Waals surface area contributed by atoms with Gasteiger partial charge < -0.3 is 5.32 Å². The predicted octanol–water partition coefficient (Wildman–Crippen LogP) is 6.47. The second-order valence-electron chi connectivity index (χ2n) is 7.90. The summed E-state index contributed by atoms with van der Waals surface area (Å²) in [6.45, 7) is 0.327. The molecule has 0 saturated carbocycles. The Balaban J connectivity index is 1.45. The largest absolute Gasteiger partial charge is 0.433 e. The highest BCUT2D eigenvalue weighted by atomic mass is 79.9. The van der Waals surface area contributed by atoms with Gasteiger partial charge in [-0.3, -0.25) is 9.48 Å². The van der Waals surface area contributed by atoms with Gasteiger partial charge in [0.05, 0.1) is 16.7 Å². The highest BCUT2D eigenvalue weighted by Gasteiger charge is 2.35. The van der Waals surface area contributed by atoms with Gasteiger partial charge >= 0.3 is 6.18 Å². The number of carbonyl (C=O) groups is 1. The first-order valence-electron chi connectivity index (χ1n) is 10.6. The fourth-order valence-electron chi connectivity index (χ4n) is 3.59. The van der Waals surface area contributed by atoms with Crippen molar-refractivity contribution in [1.29, 1.82) is 0 Å². The molecule has 0 aliphatic rings. The second kappa shape index (κ2) is 9.60. The molecular weight excluding hydrogens is 580 g/mol. The molecule has 0 bridgehead atoms. The Hall–Kier alpha value is -3.77. The first-order chi connectivity index (χ1) is 17.6. The maximum atomic E-state index is 13.8. The van der Waals surface area contributed by atoms with E-state index in [9.17, 15) is 22.4 Å². The molecule has 5 rings (SSSR count). The van der Waals surface area contributed by atoms with Crippen LogP contribution in [0.5, 0.6) is 0 Å². The monoisotopic (exact) mass is 592 g/mol. The lowest BCUT2D eigenvalue weighted by Gasteiger charge is -2.11. The van der Waals surface area contributed by atoms with Crippen molar-refractivity contribution in [2.75, 3.05) is 5.32 Å². The molecule has 13 heteroatoms. The number of anilines is 1. The topological polar surface area (TPSA) is 77.1 Å². The molecule has 0 atom stereocenters. The molecular formula is C24H14BrClF4N6O. The molecule has 3 heterocycles. The molecule has 0 saturated heterocycles. The van der Waals surface area contributed by atoms with Crippen LogP contribution in [0.1, 0.15) is 21.7 Å². The van der Waals surface area contributed by atoms with E-state index in [1.807, 2.05) is 12.1 Å². The highest BCUT2D eigenvalue weighted by molar-refractivity contribution is 9.10. The molecule has 188 valence electrons. The molecule has 0 radical (unpaired) electrons. The van der Waals surface area contributed by atoms with Crippen LogP contribution >= 0.6 is 27.5 Å². The number of aromatic nitrogens is 5. The fourth-order valence-corrected chi connectivity index (χ4v) is 4.20. The number of amides is 1. The van der Waals surface area contributed by atoms with Crippen LogP contribution in [0.2, 0.25) is 5.02 Å². The summed E-state index contributed by atoms with van der Waals surface area (Å²) in [5.41, 5.74) is -0.618. The number of rotatable bonds is 5. The number of hydrogen-bond donors (Lipinski definition) is 1. The van der Waals surface area contributed by atoms with E-state index in [2.05, 4.69) is 36.4 Å². The Labute approximate surface area is 219 Å². The first-order valence-corrected chi connectivity index (χ1v) is 11.8. The Morgan fingerprint density at radius 1 is 1.05 bits per heavy atom. The van der Waals surface area contributed by atoms with Crippen LogP contribution < -0.4 is 5.32 Å². The van der Waals surface area contributed by atoms with Gasteiger partial charge in [-0.15, -0.1) is 0 Å². The molecule has 37 heavy (non-hydrogen) atoms. The minimum absolute atomic E-state index is 0.0484. The van der Waals surface area contributed by atoms with Gasteiger partial charge in [-0.2, -0.15) is 23.4 Å². The number of halogens is 6. The maximum Gasteiger partial charge on any atom is 0.433 e. The van der Waals surface area contributed by atoms with E-state index in [1.165, 1.54) is 12.1 Å². The van der Waals surface area contributed by atoms with Crippen molar-refractivity contribution in [3.63, 3.8) is 0 Å². The van der Waals surface area contributed by atoms with Crippen molar-refractivity contribution in [3.8, 4) is 11.3 Å². The number of benzene rings is 2. The lowest BCUT2D eigenvalue weighted by molar-refractivity contribution is -0.142. The van der Waals surface area contributed by atoms with Gasteiger partial charge in [-0.1, -0.05) is 29.8 Å². The van der Waals surface area contributed by atoms with Gasteiger partial charge in [0.15, 0.2) is 22.9 Å². The highest BCUT2D eigenvalue weighted by Crippen LogP contribution is 2.32. The molecule has 2 aromatic carbocycles. The standard InChI is InChI=1S/C24H14BrClF4N6O/c25-16-12-35(11-14-3-1-2-4-17(14)26)34-22(16)32-23(37)19-10-21-31-18(13-5-7-15(27)8-6-13)9-20(24(28,29)30)36(21)33-19/h1-10,12H,11H2,(H,32,34,37). The average molecular weight is 594 g/mol. The van der Waals surface area contributed by atoms with Crippen molar-refractivity contribution in [1.82, 2.24) is 24.4 Å². The number of nitrogens with zero attached hydrogens (tertiary/aromatic N) is 5. The van der Waals surface area contributed by atoms with Gasteiger partial charge in [0, 0.05) is 22.8 Å². The van der Waals surface area contributed by atoms with E-state index in [-0.39, 0.29) is 28.4 Å². The van der Waals surface area contributed by atoms with Crippen LogP contribution in [0.3, 0.4) is 0 Å². The van der Waals surface area contributed by atoms with E-state index < -0.39 is 23.6 Å². The second-order valence-corrected chi connectivity index (χ2v) is 9.16. The summed E-state index contributed by atoms with van der Waals surface area (Å²) in [6.07, 6.45) is -3.17. The number of nitrogens with one attached hydrogen (secondary N) is 1. The minimum Gasteiger partial charge on any atom is -0.303 e. The van der Waals surface area contributed by atoms with Crippen LogP contribution in [0.4, 0.5) is 23.4 Å². The summed E-state index contributed by atoms with van der Waals surface area (Å²) < 4.78 is 57.3. The van der Waals surface area contributed by atoms with Crippen molar-refractivity contribution in [2.24, 2.45) is 0 Å². The number of alkyl halides is 3. The zero-order valence-electron chi connectivity index (χ0n) is 18.5. The van der Waals surface area contributed by atoms with Crippen molar-refractivity contribution in [3.05, 3.63) is 99.1 Å². The van der Waals surface area contributed by atoms with Crippen LogP contribution in [0.15, 0.2) is 71.3 Å². The molecule has 5 aromatic rings. The molecule has 0 aliphatic heterocycles. The molecule has 7 nitrogen and oxygen atoms in total. The van der Waals surface area contributed by atoms with Crippen molar-refractivity contribution < 1.29 is 22.4 Å². The van der Waals surface area contributed by atoms with Gasteiger partial charge in [0.1, 0.15) is 5.82 Å². The van der Waals surface area contributed by atoms with E-state index in [1.54, 1.807) is 23.0 Å². The molecule has 0 aliphatic carbocycles. The van der Waals surface area contributed by atoms with E-state index in [4.69, 9.17) is 11.6 Å². The van der Waals surface area contributed by atoms with Crippen LogP contribution in [0.25, 0.3) is 16.9 Å². The lowest BCUT2D eigenvalue weighted by Crippen LogP contribution is -2.16.